The molecular formula is C18H24FN5O. The van der Waals surface area contributed by atoms with E-state index >= 15 is 0 Å². The Balaban J connectivity index is 1.38. The van der Waals surface area contributed by atoms with Crippen LogP contribution < -0.4 is 15.1 Å². The average molecular weight is 345 g/mol. The van der Waals surface area contributed by atoms with Gasteiger partial charge in [-0.3, -0.25) is 0 Å². The molecule has 2 aliphatic heterocycles. The Hall–Kier alpha value is -2.28. The maximum Gasteiger partial charge on any atom is 0.202 e. The molecule has 2 aromatic rings. The summed E-state index contributed by atoms with van der Waals surface area (Å²) in [7, 11) is 0. The van der Waals surface area contributed by atoms with E-state index in [1.807, 2.05) is 12.3 Å². The number of piperidine rings is 1. The van der Waals surface area contributed by atoms with Crippen LogP contribution in [0.1, 0.15) is 12.8 Å². The second-order valence-corrected chi connectivity index (χ2v) is 6.63. The highest BCUT2D eigenvalue weighted by Crippen LogP contribution is 2.23. The first-order chi connectivity index (χ1) is 12.3. The van der Waals surface area contributed by atoms with Gasteiger partial charge in [-0.15, -0.1) is 0 Å². The van der Waals surface area contributed by atoms with Gasteiger partial charge in [0.15, 0.2) is 0 Å². The number of morpholine rings is 1. The molecule has 0 unspecified atom stereocenters. The van der Waals surface area contributed by atoms with Gasteiger partial charge in [-0.2, -0.15) is 0 Å². The van der Waals surface area contributed by atoms with Crippen LogP contribution in [0, 0.1) is 5.82 Å². The number of nitrogens with one attached hydrogen (secondary N) is 2. The van der Waals surface area contributed by atoms with Gasteiger partial charge in [0, 0.05) is 37.9 Å². The van der Waals surface area contributed by atoms with E-state index in [4.69, 9.17) is 4.74 Å². The first-order valence-corrected chi connectivity index (χ1v) is 8.93. The van der Waals surface area contributed by atoms with Crippen molar-refractivity contribution in [1.29, 1.82) is 0 Å². The number of aromatic amines is 1. The van der Waals surface area contributed by atoms with Crippen molar-refractivity contribution < 1.29 is 9.13 Å². The van der Waals surface area contributed by atoms with Crippen LogP contribution in [0.2, 0.25) is 0 Å². The van der Waals surface area contributed by atoms with Gasteiger partial charge >= 0.3 is 0 Å². The van der Waals surface area contributed by atoms with Crippen molar-refractivity contribution in [3.05, 3.63) is 36.3 Å². The third kappa shape index (κ3) is 3.87. The van der Waals surface area contributed by atoms with E-state index < -0.39 is 0 Å². The minimum atomic E-state index is -0.186. The lowest BCUT2D eigenvalue weighted by molar-refractivity contribution is 0.122. The quantitative estimate of drug-likeness (QED) is 0.892. The summed E-state index contributed by atoms with van der Waals surface area (Å²) < 4.78 is 18.9. The Kier molecular flexibility index (Phi) is 4.74. The highest BCUT2D eigenvalue weighted by molar-refractivity contribution is 5.48. The smallest absolute Gasteiger partial charge is 0.202 e. The van der Waals surface area contributed by atoms with Gasteiger partial charge in [0.2, 0.25) is 5.95 Å². The summed E-state index contributed by atoms with van der Waals surface area (Å²) in [5, 5.41) is 3.49. The highest BCUT2D eigenvalue weighted by Gasteiger charge is 2.21. The lowest BCUT2D eigenvalue weighted by atomic mass is 10.1. The largest absolute Gasteiger partial charge is 0.378 e. The normalized spacial score (nSPS) is 21.4. The lowest BCUT2D eigenvalue weighted by Gasteiger charge is -2.34. The number of rotatable bonds is 4. The van der Waals surface area contributed by atoms with Crippen LogP contribution in [0.15, 0.2) is 30.5 Å². The summed E-state index contributed by atoms with van der Waals surface area (Å²) in [5.41, 5.74) is 0.944. The molecule has 0 radical (unpaired) electrons. The second-order valence-electron chi connectivity index (χ2n) is 6.63. The predicted octanol–water partition coefficient (Wildman–Crippen LogP) is 2.47. The van der Waals surface area contributed by atoms with Crippen molar-refractivity contribution in [2.45, 2.75) is 18.9 Å². The summed E-state index contributed by atoms with van der Waals surface area (Å²) in [5.74, 6) is 1.64. The summed E-state index contributed by atoms with van der Waals surface area (Å²) in [6.45, 7) is 5.09. The molecule has 6 nitrogen and oxygen atoms in total. The molecule has 7 heteroatoms. The maximum absolute atomic E-state index is 13.5. The summed E-state index contributed by atoms with van der Waals surface area (Å²) in [4.78, 5) is 12.3. The Morgan fingerprint density at radius 2 is 2.08 bits per heavy atom. The van der Waals surface area contributed by atoms with E-state index in [1.165, 1.54) is 6.07 Å². The number of halogens is 1. The zero-order valence-electron chi connectivity index (χ0n) is 14.2. The van der Waals surface area contributed by atoms with Gasteiger partial charge < -0.3 is 24.8 Å². The van der Waals surface area contributed by atoms with Gasteiger partial charge in [0.05, 0.1) is 19.4 Å². The lowest BCUT2D eigenvalue weighted by Crippen LogP contribution is -2.42. The number of anilines is 3. The standard InChI is InChI=1S/C18H24FN5O/c19-14-3-1-5-16(11-14)24-6-2-4-15(13-24)21-18-20-12-17(22-18)23-7-9-25-10-8-23/h1,3,5,11-12,15H,2,4,6-10,13H2,(H2,20,21,22)/t15-/m1/s1. The molecule has 1 atom stereocenters. The number of ether oxygens (including phenoxy) is 1. The zero-order chi connectivity index (χ0) is 17.1. The van der Waals surface area contributed by atoms with Crippen molar-refractivity contribution in [2.75, 3.05) is 54.5 Å². The van der Waals surface area contributed by atoms with Gasteiger partial charge in [-0.1, -0.05) is 6.07 Å². The van der Waals surface area contributed by atoms with E-state index in [1.54, 1.807) is 12.1 Å². The fourth-order valence-electron chi connectivity index (χ4n) is 3.55. The molecule has 1 aromatic heterocycles. The molecule has 1 aromatic carbocycles. The molecule has 2 aliphatic rings. The van der Waals surface area contributed by atoms with Gasteiger partial charge in [-0.25, -0.2) is 9.37 Å². The third-order valence-electron chi connectivity index (χ3n) is 4.85. The van der Waals surface area contributed by atoms with Gasteiger partial charge in [-0.05, 0) is 31.0 Å². The monoisotopic (exact) mass is 345 g/mol. The van der Waals surface area contributed by atoms with Crippen molar-refractivity contribution in [3.8, 4) is 0 Å². The van der Waals surface area contributed by atoms with Crippen LogP contribution in [0.25, 0.3) is 0 Å². The molecule has 0 aliphatic carbocycles. The average Bonchev–Trinajstić information content (AvgIpc) is 3.11. The molecule has 0 bridgehead atoms. The van der Waals surface area contributed by atoms with Crippen LogP contribution in [0.5, 0.6) is 0 Å². The number of H-pyrrole nitrogens is 1. The number of benzene rings is 1. The van der Waals surface area contributed by atoms with E-state index in [-0.39, 0.29) is 5.82 Å². The minimum absolute atomic E-state index is 0.186. The molecule has 134 valence electrons. The van der Waals surface area contributed by atoms with Crippen molar-refractivity contribution in [3.63, 3.8) is 0 Å². The SMILES string of the molecule is Fc1cccc(N2CCC[C@@H](Nc3ncc(N4CCOCC4)[nH]3)C2)c1. The van der Waals surface area contributed by atoms with Gasteiger partial charge in [0.25, 0.3) is 0 Å². The van der Waals surface area contributed by atoms with Crippen molar-refractivity contribution in [1.82, 2.24) is 9.97 Å². The molecule has 0 saturated carbocycles. The Morgan fingerprint density at radius 1 is 1.20 bits per heavy atom. The first-order valence-electron chi connectivity index (χ1n) is 8.93. The van der Waals surface area contributed by atoms with Crippen molar-refractivity contribution in [2.24, 2.45) is 0 Å². The molecule has 2 N–H and O–H groups in total. The fourth-order valence-corrected chi connectivity index (χ4v) is 3.55. The van der Waals surface area contributed by atoms with E-state index in [9.17, 15) is 4.39 Å². The summed E-state index contributed by atoms with van der Waals surface area (Å²) >= 11 is 0. The maximum atomic E-state index is 13.5. The fraction of sp³-hybridized carbons (Fsp3) is 0.500. The Morgan fingerprint density at radius 3 is 2.92 bits per heavy atom. The molecule has 2 saturated heterocycles. The minimum Gasteiger partial charge on any atom is -0.378 e. The van der Waals surface area contributed by atoms with E-state index in [2.05, 4.69) is 25.1 Å². The molecule has 2 fully saturated rings. The number of nitrogens with zero attached hydrogens (tertiary/aromatic N) is 3. The summed E-state index contributed by atoms with van der Waals surface area (Å²) in [6, 6.07) is 7.11. The molecule has 25 heavy (non-hydrogen) atoms. The number of hydrogen-bond acceptors (Lipinski definition) is 5. The zero-order valence-corrected chi connectivity index (χ0v) is 14.2. The molecule has 4 rings (SSSR count). The molecule has 0 spiro atoms. The predicted molar refractivity (Wildman–Crippen MR) is 96.9 cm³/mol. The first kappa shape index (κ1) is 16.2. The number of imidazole rings is 1. The van der Waals surface area contributed by atoms with Crippen molar-refractivity contribution >= 4 is 17.5 Å². The highest BCUT2D eigenvalue weighted by atomic mass is 19.1. The van der Waals surface area contributed by atoms with Crippen LogP contribution in [-0.4, -0.2) is 55.4 Å². The Labute approximate surface area is 147 Å². The molecule has 3 heterocycles. The molecule has 0 amide bonds. The summed E-state index contributed by atoms with van der Waals surface area (Å²) in [6.07, 6.45) is 4.03. The number of hydrogen-bond donors (Lipinski definition) is 2. The Bertz CT molecular complexity index is 700. The van der Waals surface area contributed by atoms with Crippen LogP contribution in [0.4, 0.5) is 21.8 Å². The van der Waals surface area contributed by atoms with Crippen LogP contribution >= 0.6 is 0 Å². The molecular weight excluding hydrogens is 321 g/mol. The van der Waals surface area contributed by atoms with Gasteiger partial charge in [0.1, 0.15) is 11.6 Å². The van der Waals surface area contributed by atoms with Crippen LogP contribution in [0.3, 0.4) is 0 Å². The van der Waals surface area contributed by atoms with E-state index in [0.29, 0.717) is 6.04 Å². The third-order valence-corrected chi connectivity index (χ3v) is 4.85. The number of aromatic nitrogens is 2. The second kappa shape index (κ2) is 7.31. The topological polar surface area (TPSA) is 56.4 Å². The van der Waals surface area contributed by atoms with E-state index in [0.717, 1.165) is 69.7 Å². The van der Waals surface area contributed by atoms with Crippen LogP contribution in [-0.2, 0) is 4.74 Å².